The minimum absolute atomic E-state index is 0.170. The highest BCUT2D eigenvalue weighted by molar-refractivity contribution is 7.89. The molecule has 112 valence electrons. The predicted molar refractivity (Wildman–Crippen MR) is 80.4 cm³/mol. The Labute approximate surface area is 121 Å². The van der Waals surface area contributed by atoms with E-state index in [1.165, 1.54) is 18.5 Å². The van der Waals surface area contributed by atoms with Crippen LogP contribution in [0.5, 0.6) is 5.75 Å². The zero-order valence-electron chi connectivity index (χ0n) is 12.4. The second-order valence-electron chi connectivity index (χ2n) is 4.73. The molecule has 1 aromatic carbocycles. The van der Waals surface area contributed by atoms with Crippen LogP contribution >= 0.6 is 0 Å². The molecule has 0 saturated heterocycles. The molecule has 1 aromatic rings. The Bertz CT molecular complexity index is 582. The number of hydrogen-bond donors (Lipinski definition) is 1. The topological polar surface area (TPSA) is 58.6 Å². The molecule has 0 aliphatic carbocycles. The molecular weight excluding hydrogens is 276 g/mol. The van der Waals surface area contributed by atoms with Gasteiger partial charge in [0.25, 0.3) is 0 Å². The summed E-state index contributed by atoms with van der Waals surface area (Å²) in [5, 5.41) is 3.02. The van der Waals surface area contributed by atoms with Crippen molar-refractivity contribution in [3.05, 3.63) is 35.9 Å². The number of sulfonamides is 1. The molecule has 5 nitrogen and oxygen atoms in total. The SMILES string of the molecule is C=C(C)CN(C)S(=O)(=O)c1ccc(CNC)cc1OC. The number of likely N-dealkylation sites (N-methyl/N-ethyl adjacent to an activating group) is 1. The van der Waals surface area contributed by atoms with Gasteiger partial charge in [-0.2, -0.15) is 4.31 Å². The summed E-state index contributed by atoms with van der Waals surface area (Å²) in [6, 6.07) is 5.09. The first-order valence-corrected chi connectivity index (χ1v) is 7.69. The van der Waals surface area contributed by atoms with Crippen molar-refractivity contribution in [2.45, 2.75) is 18.4 Å². The third-order valence-electron chi connectivity index (χ3n) is 2.79. The lowest BCUT2D eigenvalue weighted by Crippen LogP contribution is -2.28. The van der Waals surface area contributed by atoms with E-state index in [4.69, 9.17) is 4.74 Å². The van der Waals surface area contributed by atoms with E-state index in [-0.39, 0.29) is 11.4 Å². The maximum absolute atomic E-state index is 12.5. The molecule has 20 heavy (non-hydrogen) atoms. The summed E-state index contributed by atoms with van der Waals surface area (Å²) in [6.45, 7) is 6.46. The summed E-state index contributed by atoms with van der Waals surface area (Å²) in [6.07, 6.45) is 0. The van der Waals surface area contributed by atoms with E-state index >= 15 is 0 Å². The average Bonchev–Trinajstić information content (AvgIpc) is 2.37. The van der Waals surface area contributed by atoms with E-state index in [1.807, 2.05) is 7.05 Å². The fourth-order valence-electron chi connectivity index (χ4n) is 1.87. The highest BCUT2D eigenvalue weighted by Gasteiger charge is 2.24. The summed E-state index contributed by atoms with van der Waals surface area (Å²) in [7, 11) is 1.25. The van der Waals surface area contributed by atoms with Crippen LogP contribution in [0.2, 0.25) is 0 Å². The van der Waals surface area contributed by atoms with Crippen molar-refractivity contribution in [2.75, 3.05) is 27.7 Å². The molecule has 0 aliphatic heterocycles. The van der Waals surface area contributed by atoms with Gasteiger partial charge in [0, 0.05) is 20.1 Å². The first-order chi connectivity index (χ1) is 9.32. The fourth-order valence-corrected chi connectivity index (χ4v) is 3.23. The molecule has 1 rings (SSSR count). The lowest BCUT2D eigenvalue weighted by molar-refractivity contribution is 0.398. The van der Waals surface area contributed by atoms with Crippen LogP contribution in [0.3, 0.4) is 0 Å². The standard InChI is InChI=1S/C14H22N2O3S/c1-11(2)10-16(4)20(17,18)14-7-6-12(9-15-3)8-13(14)19-5/h6-8,15H,1,9-10H2,2-5H3. The minimum atomic E-state index is -3.58. The van der Waals surface area contributed by atoms with E-state index in [1.54, 1.807) is 25.1 Å². The van der Waals surface area contributed by atoms with Gasteiger partial charge in [-0.15, -0.1) is 0 Å². The molecule has 0 fully saturated rings. The summed E-state index contributed by atoms with van der Waals surface area (Å²) in [4.78, 5) is 0.170. The Morgan fingerprint density at radius 1 is 1.45 bits per heavy atom. The molecule has 0 spiro atoms. The van der Waals surface area contributed by atoms with Gasteiger partial charge in [-0.05, 0) is 31.7 Å². The van der Waals surface area contributed by atoms with E-state index in [0.717, 1.165) is 11.1 Å². The van der Waals surface area contributed by atoms with Crippen molar-refractivity contribution in [3.63, 3.8) is 0 Å². The fraction of sp³-hybridized carbons (Fsp3) is 0.429. The molecule has 0 amide bonds. The maximum Gasteiger partial charge on any atom is 0.246 e. The quantitative estimate of drug-likeness (QED) is 0.777. The van der Waals surface area contributed by atoms with Crippen molar-refractivity contribution in [1.82, 2.24) is 9.62 Å². The number of nitrogens with one attached hydrogen (secondary N) is 1. The van der Waals surface area contributed by atoms with Crippen LogP contribution in [0.15, 0.2) is 35.2 Å². The molecule has 1 N–H and O–H groups in total. The molecule has 0 heterocycles. The number of hydrogen-bond acceptors (Lipinski definition) is 4. The Kier molecular flexibility index (Phi) is 5.74. The molecular formula is C14H22N2O3S. The molecule has 0 aliphatic rings. The monoisotopic (exact) mass is 298 g/mol. The van der Waals surface area contributed by atoms with Crippen LogP contribution in [0.1, 0.15) is 12.5 Å². The van der Waals surface area contributed by atoms with Gasteiger partial charge in [-0.25, -0.2) is 8.42 Å². The maximum atomic E-state index is 12.5. The summed E-state index contributed by atoms with van der Waals surface area (Å²) >= 11 is 0. The van der Waals surface area contributed by atoms with Crippen molar-refractivity contribution in [1.29, 1.82) is 0 Å². The minimum Gasteiger partial charge on any atom is -0.495 e. The van der Waals surface area contributed by atoms with Crippen LogP contribution in [0.25, 0.3) is 0 Å². The van der Waals surface area contributed by atoms with Crippen LogP contribution in [-0.4, -0.2) is 40.5 Å². The largest absolute Gasteiger partial charge is 0.495 e. The van der Waals surface area contributed by atoms with Gasteiger partial charge in [-0.1, -0.05) is 18.2 Å². The van der Waals surface area contributed by atoms with Crippen molar-refractivity contribution >= 4 is 10.0 Å². The molecule has 0 atom stereocenters. The number of methoxy groups -OCH3 is 1. The van der Waals surface area contributed by atoms with Crippen LogP contribution in [-0.2, 0) is 16.6 Å². The Hall–Kier alpha value is -1.37. The number of ether oxygens (including phenoxy) is 1. The first kappa shape index (κ1) is 16.7. The highest BCUT2D eigenvalue weighted by Crippen LogP contribution is 2.27. The van der Waals surface area contributed by atoms with Gasteiger partial charge >= 0.3 is 0 Å². The van der Waals surface area contributed by atoms with Gasteiger partial charge in [0.15, 0.2) is 0 Å². The van der Waals surface area contributed by atoms with Gasteiger partial charge in [-0.3, -0.25) is 0 Å². The van der Waals surface area contributed by atoms with Gasteiger partial charge in [0.05, 0.1) is 7.11 Å². The molecule has 0 bridgehead atoms. The Morgan fingerprint density at radius 3 is 2.60 bits per heavy atom. The highest BCUT2D eigenvalue weighted by atomic mass is 32.2. The number of rotatable bonds is 7. The smallest absolute Gasteiger partial charge is 0.246 e. The molecule has 0 saturated carbocycles. The van der Waals surface area contributed by atoms with Gasteiger partial charge in [0.1, 0.15) is 10.6 Å². The van der Waals surface area contributed by atoms with Crippen LogP contribution in [0.4, 0.5) is 0 Å². The van der Waals surface area contributed by atoms with E-state index in [2.05, 4.69) is 11.9 Å². The Morgan fingerprint density at radius 2 is 2.10 bits per heavy atom. The molecule has 0 radical (unpaired) electrons. The molecule has 0 aromatic heterocycles. The zero-order valence-corrected chi connectivity index (χ0v) is 13.3. The van der Waals surface area contributed by atoms with Crippen LogP contribution in [0, 0.1) is 0 Å². The van der Waals surface area contributed by atoms with Crippen molar-refractivity contribution in [3.8, 4) is 5.75 Å². The lowest BCUT2D eigenvalue weighted by Gasteiger charge is -2.19. The first-order valence-electron chi connectivity index (χ1n) is 6.25. The lowest BCUT2D eigenvalue weighted by atomic mass is 10.2. The molecule has 6 heteroatoms. The van der Waals surface area contributed by atoms with Gasteiger partial charge < -0.3 is 10.1 Å². The average molecular weight is 298 g/mol. The summed E-state index contributed by atoms with van der Waals surface area (Å²) < 4.78 is 31.5. The van der Waals surface area contributed by atoms with Gasteiger partial charge in [0.2, 0.25) is 10.0 Å². The number of benzene rings is 1. The van der Waals surface area contributed by atoms with E-state index in [0.29, 0.717) is 12.3 Å². The summed E-state index contributed by atoms with van der Waals surface area (Å²) in [5.74, 6) is 0.353. The predicted octanol–water partition coefficient (Wildman–Crippen LogP) is 1.61. The molecule has 0 unspecified atom stereocenters. The summed E-state index contributed by atoms with van der Waals surface area (Å²) in [5.41, 5.74) is 1.74. The third kappa shape index (κ3) is 3.82. The van der Waals surface area contributed by atoms with E-state index in [9.17, 15) is 8.42 Å². The van der Waals surface area contributed by atoms with Crippen molar-refractivity contribution < 1.29 is 13.2 Å². The van der Waals surface area contributed by atoms with E-state index < -0.39 is 10.0 Å². The normalized spacial score (nSPS) is 11.7. The van der Waals surface area contributed by atoms with Crippen LogP contribution < -0.4 is 10.1 Å². The zero-order chi connectivity index (χ0) is 15.3. The third-order valence-corrected chi connectivity index (χ3v) is 4.63. The second kappa shape index (κ2) is 6.88. The Balaban J connectivity index is 3.20. The number of nitrogens with zero attached hydrogens (tertiary/aromatic N) is 1. The van der Waals surface area contributed by atoms with Crippen molar-refractivity contribution in [2.24, 2.45) is 0 Å². The second-order valence-corrected chi connectivity index (χ2v) is 6.75.